The summed E-state index contributed by atoms with van der Waals surface area (Å²) in [6, 6.07) is 6.29. The van der Waals surface area contributed by atoms with E-state index in [2.05, 4.69) is 9.71 Å². The number of piperidine rings is 1. The molecule has 3 heterocycles. The van der Waals surface area contributed by atoms with Crippen LogP contribution in [0.25, 0.3) is 0 Å². The van der Waals surface area contributed by atoms with Crippen LogP contribution in [0, 0.1) is 11.3 Å². The molecule has 2 aliphatic heterocycles. The molecule has 8 nitrogen and oxygen atoms in total. The Morgan fingerprint density at radius 1 is 1.14 bits per heavy atom. The van der Waals surface area contributed by atoms with Crippen molar-refractivity contribution in [2.24, 2.45) is 11.3 Å². The van der Waals surface area contributed by atoms with Gasteiger partial charge >= 0.3 is 6.18 Å². The van der Waals surface area contributed by atoms with Crippen LogP contribution in [0.1, 0.15) is 86.1 Å². The van der Waals surface area contributed by atoms with Gasteiger partial charge in [-0.25, -0.2) is 4.21 Å². The molecule has 0 bridgehead atoms. The average Bonchev–Trinajstić information content (AvgIpc) is 2.95. The van der Waals surface area contributed by atoms with Crippen LogP contribution in [-0.4, -0.2) is 62.1 Å². The van der Waals surface area contributed by atoms with Gasteiger partial charge < -0.3 is 9.80 Å². The van der Waals surface area contributed by atoms with Gasteiger partial charge in [0, 0.05) is 42.0 Å². The Morgan fingerprint density at radius 2 is 1.86 bits per heavy atom. The van der Waals surface area contributed by atoms with Gasteiger partial charge in [-0.05, 0) is 67.5 Å². The number of carbonyl (C=O) groups excluding carboxylic acids is 3. The van der Waals surface area contributed by atoms with Crippen LogP contribution in [0.5, 0.6) is 0 Å². The highest BCUT2D eigenvalue weighted by Crippen LogP contribution is 2.42. The van der Waals surface area contributed by atoms with Crippen LogP contribution in [0.2, 0.25) is 5.02 Å². The van der Waals surface area contributed by atoms with Gasteiger partial charge in [0.2, 0.25) is 11.8 Å². The molecule has 3 amide bonds. The SMILES string of the molecule is CCC[C@@H]1[C@H](C(=O)N2CCc3cc(Cl)ccc3C2CC(C)(C)C(=O)NS(C)=O)CCCN1C(=O)c1ncccc1C(F)(F)F. The molecule has 2 aliphatic rings. The molecule has 4 atom stereocenters. The lowest BCUT2D eigenvalue weighted by molar-refractivity contribution is -0.144. The largest absolute Gasteiger partial charge is 0.418 e. The quantitative estimate of drug-likeness (QED) is 0.392. The second-order valence-corrected chi connectivity index (χ2v) is 13.7. The fraction of sp³-hybridized carbons (Fsp3) is 0.548. The smallest absolute Gasteiger partial charge is 0.335 e. The fourth-order valence-corrected chi connectivity index (χ4v) is 7.14. The van der Waals surface area contributed by atoms with E-state index in [1.54, 1.807) is 24.8 Å². The van der Waals surface area contributed by atoms with Gasteiger partial charge in [0.05, 0.1) is 17.5 Å². The highest BCUT2D eigenvalue weighted by molar-refractivity contribution is 7.82. The Labute approximate surface area is 263 Å². The molecule has 2 aromatic rings. The third-order valence-electron chi connectivity index (χ3n) is 8.56. The van der Waals surface area contributed by atoms with Crippen LogP contribution in [-0.2, 0) is 33.2 Å². The predicted octanol–water partition coefficient (Wildman–Crippen LogP) is 5.73. The molecule has 1 N–H and O–H groups in total. The first-order chi connectivity index (χ1) is 20.7. The Balaban J connectivity index is 1.69. The molecule has 0 aliphatic carbocycles. The summed E-state index contributed by atoms with van der Waals surface area (Å²) in [5.74, 6) is -2.11. The lowest BCUT2D eigenvalue weighted by Gasteiger charge is -2.46. The van der Waals surface area contributed by atoms with Gasteiger partial charge in [0.15, 0.2) is 0 Å². The number of likely N-dealkylation sites (tertiary alicyclic amines) is 1. The van der Waals surface area contributed by atoms with Crippen molar-refractivity contribution in [3.8, 4) is 0 Å². The van der Waals surface area contributed by atoms with Crippen molar-refractivity contribution in [2.45, 2.75) is 77.6 Å². The van der Waals surface area contributed by atoms with E-state index in [1.165, 1.54) is 11.2 Å². The number of hydrogen-bond acceptors (Lipinski definition) is 5. The highest BCUT2D eigenvalue weighted by atomic mass is 35.5. The summed E-state index contributed by atoms with van der Waals surface area (Å²) >= 11 is 6.28. The summed E-state index contributed by atoms with van der Waals surface area (Å²) in [5, 5.41) is 0.554. The Morgan fingerprint density at radius 3 is 2.52 bits per heavy atom. The Kier molecular flexibility index (Phi) is 10.4. The van der Waals surface area contributed by atoms with Crippen LogP contribution in [0.3, 0.4) is 0 Å². The monoisotopic (exact) mass is 654 g/mol. The second-order valence-electron chi connectivity index (χ2n) is 12.1. The number of nitrogens with zero attached hydrogens (tertiary/aromatic N) is 3. The van der Waals surface area contributed by atoms with Crippen molar-refractivity contribution in [3.63, 3.8) is 0 Å². The molecule has 0 spiro atoms. The molecule has 1 saturated heterocycles. The minimum atomic E-state index is -4.76. The normalized spacial score (nSPS) is 21.4. The van der Waals surface area contributed by atoms with Crippen LogP contribution in [0.15, 0.2) is 36.5 Å². The van der Waals surface area contributed by atoms with E-state index in [0.29, 0.717) is 43.7 Å². The molecule has 44 heavy (non-hydrogen) atoms. The third-order valence-corrected chi connectivity index (χ3v) is 9.27. The molecule has 0 radical (unpaired) electrons. The van der Waals surface area contributed by atoms with E-state index in [9.17, 15) is 31.8 Å². The van der Waals surface area contributed by atoms with Crippen molar-refractivity contribution >= 4 is 40.3 Å². The van der Waals surface area contributed by atoms with E-state index in [-0.39, 0.29) is 18.9 Å². The summed E-state index contributed by atoms with van der Waals surface area (Å²) < 4.78 is 55.6. The highest BCUT2D eigenvalue weighted by Gasteiger charge is 2.46. The van der Waals surface area contributed by atoms with E-state index in [4.69, 9.17) is 11.6 Å². The fourth-order valence-electron chi connectivity index (χ4n) is 6.41. The van der Waals surface area contributed by atoms with Crippen molar-refractivity contribution in [3.05, 3.63) is 63.9 Å². The van der Waals surface area contributed by atoms with Crippen molar-refractivity contribution in [1.82, 2.24) is 19.5 Å². The maximum absolute atomic E-state index is 14.5. The van der Waals surface area contributed by atoms with Crippen molar-refractivity contribution in [2.75, 3.05) is 19.3 Å². The molecule has 1 aromatic carbocycles. The number of halogens is 4. The molecule has 240 valence electrons. The first-order valence-electron chi connectivity index (χ1n) is 14.7. The number of benzene rings is 1. The molecule has 4 rings (SSSR count). The minimum Gasteiger partial charge on any atom is -0.335 e. The molecule has 1 aromatic heterocycles. The van der Waals surface area contributed by atoms with Gasteiger partial charge in [-0.3, -0.25) is 24.1 Å². The number of amides is 3. The second kappa shape index (κ2) is 13.6. The zero-order valence-corrected chi connectivity index (χ0v) is 26.8. The van der Waals surface area contributed by atoms with E-state index >= 15 is 0 Å². The van der Waals surface area contributed by atoms with Gasteiger partial charge in [-0.15, -0.1) is 0 Å². The number of alkyl halides is 3. The Hall–Kier alpha value is -2.99. The van der Waals surface area contributed by atoms with E-state index in [0.717, 1.165) is 29.5 Å². The first-order valence-corrected chi connectivity index (χ1v) is 16.7. The number of fused-ring (bicyclic) bond motifs is 1. The van der Waals surface area contributed by atoms with Gasteiger partial charge in [-0.1, -0.05) is 44.9 Å². The predicted molar refractivity (Wildman–Crippen MR) is 162 cm³/mol. The maximum atomic E-state index is 14.5. The maximum Gasteiger partial charge on any atom is 0.418 e. The molecule has 0 saturated carbocycles. The van der Waals surface area contributed by atoms with Crippen LogP contribution in [0.4, 0.5) is 13.2 Å². The lowest BCUT2D eigenvalue weighted by atomic mass is 9.78. The number of carbonyl (C=O) groups is 3. The minimum absolute atomic E-state index is 0.209. The standard InChI is InChI=1S/C31H38ClF3N4O4S/c1-5-8-24-22(9-7-15-38(24)28(41)26-23(31(33,34)35)10-6-14-36-26)27(40)39-16-13-19-17-20(32)11-12-21(19)25(39)18-30(2,3)29(42)37-44(4)43/h6,10-12,14,17,22,24-25H,5,7-9,13,15-16,18H2,1-4H3,(H,37,42)/t22-,24-,25?,44?/m1/s1. The Bertz CT molecular complexity index is 1440. The third kappa shape index (κ3) is 7.28. The molecule has 1 fully saturated rings. The summed E-state index contributed by atoms with van der Waals surface area (Å²) in [6.45, 7) is 5.93. The van der Waals surface area contributed by atoms with Crippen LogP contribution < -0.4 is 4.72 Å². The summed E-state index contributed by atoms with van der Waals surface area (Å²) in [5.41, 5.74) is -0.965. The number of nitrogens with one attached hydrogen (secondary N) is 1. The number of rotatable bonds is 8. The van der Waals surface area contributed by atoms with Crippen molar-refractivity contribution < 1.29 is 31.8 Å². The molecular weight excluding hydrogens is 617 g/mol. The van der Waals surface area contributed by atoms with Gasteiger partial charge in [0.1, 0.15) is 16.7 Å². The van der Waals surface area contributed by atoms with Crippen molar-refractivity contribution in [1.29, 1.82) is 0 Å². The number of aromatic nitrogens is 1. The van der Waals surface area contributed by atoms with E-state index < -0.39 is 63.7 Å². The number of pyridine rings is 1. The van der Waals surface area contributed by atoms with Gasteiger partial charge in [0.25, 0.3) is 5.91 Å². The van der Waals surface area contributed by atoms with Gasteiger partial charge in [-0.2, -0.15) is 13.2 Å². The summed E-state index contributed by atoms with van der Waals surface area (Å²) in [7, 11) is -1.57. The zero-order valence-electron chi connectivity index (χ0n) is 25.2. The molecular formula is C31H38ClF3N4O4S. The summed E-state index contributed by atoms with van der Waals surface area (Å²) in [6.07, 6.45) is 0.482. The lowest BCUT2D eigenvalue weighted by Crippen LogP contribution is -2.55. The topological polar surface area (TPSA) is 99.7 Å². The zero-order chi connectivity index (χ0) is 32.4. The average molecular weight is 655 g/mol. The summed E-state index contributed by atoms with van der Waals surface area (Å²) in [4.78, 5) is 48.2. The van der Waals surface area contributed by atoms with E-state index in [1.807, 2.05) is 19.1 Å². The van der Waals surface area contributed by atoms with Crippen LogP contribution >= 0.6 is 11.6 Å². The molecule has 2 unspecified atom stereocenters. The molecule has 13 heteroatoms. The number of hydrogen-bond donors (Lipinski definition) is 1. The first kappa shape index (κ1) is 33.9.